The Kier molecular flexibility index (Phi) is 3.62. The summed E-state index contributed by atoms with van der Waals surface area (Å²) in [6, 6.07) is 1.68. The highest BCUT2D eigenvalue weighted by atomic mass is 79.9. The van der Waals surface area contributed by atoms with E-state index in [2.05, 4.69) is 20.9 Å². The average molecular weight is 271 g/mol. The number of pyridine rings is 1. The van der Waals surface area contributed by atoms with E-state index in [4.69, 9.17) is 11.6 Å². The lowest BCUT2D eigenvalue weighted by atomic mass is 10.2. The van der Waals surface area contributed by atoms with E-state index in [1.165, 1.54) is 0 Å². The van der Waals surface area contributed by atoms with Gasteiger partial charge in [0, 0.05) is 16.0 Å². The highest BCUT2D eigenvalue weighted by molar-refractivity contribution is 9.10. The Balaban J connectivity index is 3.27. The fourth-order valence-electron chi connectivity index (χ4n) is 0.993. The molecule has 5 heteroatoms. The van der Waals surface area contributed by atoms with Crippen LogP contribution in [0.15, 0.2) is 10.5 Å². The zero-order valence-electron chi connectivity index (χ0n) is 6.82. The van der Waals surface area contributed by atoms with Gasteiger partial charge in [-0.05, 0) is 34.5 Å². The number of alkyl halides is 3. The smallest absolute Gasteiger partial charge is 0.251 e. The molecule has 0 saturated heterocycles. The molecule has 0 N–H and O–H groups in total. The van der Waals surface area contributed by atoms with Crippen LogP contribution in [0.4, 0.5) is 8.78 Å². The molecule has 1 nitrogen and oxygen atoms in total. The lowest BCUT2D eigenvalue weighted by Crippen LogP contribution is -1.98. The second-order valence-corrected chi connectivity index (χ2v) is 3.62. The van der Waals surface area contributed by atoms with Crippen LogP contribution in [-0.2, 0) is 5.88 Å². The SMILES string of the molecule is Cc1cc(CCl)c(Br)c(C(F)F)n1. The average Bonchev–Trinajstić information content (AvgIpc) is 2.08. The van der Waals surface area contributed by atoms with Crippen molar-refractivity contribution in [2.24, 2.45) is 0 Å². The van der Waals surface area contributed by atoms with Crippen LogP contribution in [0.25, 0.3) is 0 Å². The van der Waals surface area contributed by atoms with Crippen LogP contribution in [0.2, 0.25) is 0 Å². The highest BCUT2D eigenvalue weighted by Crippen LogP contribution is 2.29. The van der Waals surface area contributed by atoms with Gasteiger partial charge in [-0.1, -0.05) is 0 Å². The first-order valence-corrected chi connectivity index (χ1v) is 4.89. The summed E-state index contributed by atoms with van der Waals surface area (Å²) in [4.78, 5) is 3.73. The second-order valence-electron chi connectivity index (χ2n) is 2.56. The van der Waals surface area contributed by atoms with E-state index < -0.39 is 6.43 Å². The van der Waals surface area contributed by atoms with Crippen molar-refractivity contribution in [1.82, 2.24) is 4.98 Å². The first-order valence-electron chi connectivity index (χ1n) is 3.56. The zero-order chi connectivity index (χ0) is 10.0. The van der Waals surface area contributed by atoms with Crippen LogP contribution in [0.1, 0.15) is 23.4 Å². The Morgan fingerprint density at radius 2 is 2.23 bits per heavy atom. The minimum absolute atomic E-state index is 0.198. The molecule has 0 spiro atoms. The Hall–Kier alpha value is -0.220. The fourth-order valence-corrected chi connectivity index (χ4v) is 1.88. The first kappa shape index (κ1) is 10.9. The molecular formula is C8H7BrClF2N. The van der Waals surface area contributed by atoms with Crippen LogP contribution in [0.5, 0.6) is 0 Å². The van der Waals surface area contributed by atoms with Gasteiger partial charge in [0.2, 0.25) is 0 Å². The van der Waals surface area contributed by atoms with Crippen LogP contribution in [0, 0.1) is 6.92 Å². The summed E-state index contributed by atoms with van der Waals surface area (Å²) in [5, 5.41) is 0. The summed E-state index contributed by atoms with van der Waals surface area (Å²) >= 11 is 8.63. The van der Waals surface area contributed by atoms with E-state index >= 15 is 0 Å². The number of halogens is 4. The van der Waals surface area contributed by atoms with Crippen molar-refractivity contribution in [3.05, 3.63) is 27.5 Å². The van der Waals surface area contributed by atoms with Gasteiger partial charge in [-0.15, -0.1) is 11.6 Å². The summed E-state index contributed by atoms with van der Waals surface area (Å²) < 4.78 is 25.1. The maximum absolute atomic E-state index is 12.4. The minimum atomic E-state index is -2.57. The van der Waals surface area contributed by atoms with Crippen molar-refractivity contribution in [2.45, 2.75) is 19.2 Å². The predicted molar refractivity (Wildman–Crippen MR) is 51.2 cm³/mol. The monoisotopic (exact) mass is 269 g/mol. The van der Waals surface area contributed by atoms with Gasteiger partial charge >= 0.3 is 0 Å². The molecule has 1 aromatic heterocycles. The molecule has 0 unspecified atom stereocenters. The van der Waals surface area contributed by atoms with Crippen LogP contribution in [0.3, 0.4) is 0 Å². The molecule has 0 amide bonds. The van der Waals surface area contributed by atoms with Gasteiger partial charge in [0.1, 0.15) is 5.69 Å². The molecule has 0 bridgehead atoms. The number of hydrogen-bond donors (Lipinski definition) is 0. The topological polar surface area (TPSA) is 12.9 Å². The Morgan fingerprint density at radius 3 is 2.69 bits per heavy atom. The number of aryl methyl sites for hydroxylation is 1. The molecule has 0 aliphatic carbocycles. The number of hydrogen-bond acceptors (Lipinski definition) is 1. The lowest BCUT2D eigenvalue weighted by molar-refractivity contribution is 0.145. The van der Waals surface area contributed by atoms with Crippen LogP contribution >= 0.6 is 27.5 Å². The number of nitrogens with zero attached hydrogens (tertiary/aromatic N) is 1. The third-order valence-corrected chi connectivity index (χ3v) is 2.74. The van der Waals surface area contributed by atoms with E-state index in [9.17, 15) is 8.78 Å². The lowest BCUT2D eigenvalue weighted by Gasteiger charge is -2.07. The normalized spacial score (nSPS) is 10.9. The van der Waals surface area contributed by atoms with Crippen molar-refractivity contribution < 1.29 is 8.78 Å². The van der Waals surface area contributed by atoms with Crippen molar-refractivity contribution in [3.8, 4) is 0 Å². The van der Waals surface area contributed by atoms with Crippen molar-refractivity contribution in [2.75, 3.05) is 0 Å². The van der Waals surface area contributed by atoms with E-state index in [-0.39, 0.29) is 11.6 Å². The molecule has 13 heavy (non-hydrogen) atoms. The molecule has 72 valence electrons. The zero-order valence-corrected chi connectivity index (χ0v) is 9.16. The van der Waals surface area contributed by atoms with E-state index in [0.717, 1.165) is 0 Å². The predicted octanol–water partition coefficient (Wildman–Crippen LogP) is 3.83. The number of rotatable bonds is 2. The molecule has 0 aromatic carbocycles. The molecule has 0 radical (unpaired) electrons. The van der Waals surface area contributed by atoms with Gasteiger partial charge in [0.05, 0.1) is 0 Å². The van der Waals surface area contributed by atoms with Crippen molar-refractivity contribution >= 4 is 27.5 Å². The standard InChI is InChI=1S/C8H7BrClF2N/c1-4-2-5(3-10)6(9)7(13-4)8(11)12/h2,8H,3H2,1H3. The molecule has 0 atom stereocenters. The minimum Gasteiger partial charge on any atom is -0.251 e. The molecule has 0 fully saturated rings. The highest BCUT2D eigenvalue weighted by Gasteiger charge is 2.16. The molecule has 1 rings (SSSR count). The Morgan fingerprint density at radius 1 is 1.62 bits per heavy atom. The number of aromatic nitrogens is 1. The van der Waals surface area contributed by atoms with E-state index in [1.54, 1.807) is 13.0 Å². The molecule has 0 aliphatic heterocycles. The third kappa shape index (κ3) is 2.38. The van der Waals surface area contributed by atoms with Gasteiger partial charge in [-0.2, -0.15) is 0 Å². The maximum atomic E-state index is 12.4. The second kappa shape index (κ2) is 4.33. The maximum Gasteiger partial charge on any atom is 0.281 e. The summed E-state index contributed by atoms with van der Waals surface area (Å²) in [6.45, 7) is 1.66. The van der Waals surface area contributed by atoms with Gasteiger partial charge in [0.25, 0.3) is 6.43 Å². The van der Waals surface area contributed by atoms with Gasteiger partial charge in [-0.3, -0.25) is 4.98 Å². The van der Waals surface area contributed by atoms with Crippen LogP contribution in [-0.4, -0.2) is 4.98 Å². The van der Waals surface area contributed by atoms with Crippen LogP contribution < -0.4 is 0 Å². The van der Waals surface area contributed by atoms with E-state index in [0.29, 0.717) is 15.7 Å². The first-order chi connectivity index (χ1) is 6.06. The van der Waals surface area contributed by atoms with Gasteiger partial charge in [0.15, 0.2) is 0 Å². The van der Waals surface area contributed by atoms with Gasteiger partial charge < -0.3 is 0 Å². The molecule has 0 aliphatic rings. The molecule has 0 saturated carbocycles. The molecular weight excluding hydrogens is 263 g/mol. The Labute approximate surface area is 88.2 Å². The summed E-state index contributed by atoms with van der Waals surface area (Å²) in [6.07, 6.45) is -2.57. The summed E-state index contributed by atoms with van der Waals surface area (Å²) in [5.74, 6) is 0.198. The molecule has 1 aromatic rings. The summed E-state index contributed by atoms with van der Waals surface area (Å²) in [5.41, 5.74) is 0.953. The largest absolute Gasteiger partial charge is 0.281 e. The fraction of sp³-hybridized carbons (Fsp3) is 0.375. The quantitative estimate of drug-likeness (QED) is 0.744. The Bertz CT molecular complexity index is 317. The molecule has 1 heterocycles. The third-order valence-electron chi connectivity index (χ3n) is 1.54. The summed E-state index contributed by atoms with van der Waals surface area (Å²) in [7, 11) is 0. The van der Waals surface area contributed by atoms with Crippen molar-refractivity contribution in [1.29, 1.82) is 0 Å². The van der Waals surface area contributed by atoms with Crippen molar-refractivity contribution in [3.63, 3.8) is 0 Å². The van der Waals surface area contributed by atoms with E-state index in [1.807, 2.05) is 0 Å². The van der Waals surface area contributed by atoms with Gasteiger partial charge in [-0.25, -0.2) is 8.78 Å².